The van der Waals surface area contributed by atoms with Gasteiger partial charge in [0.15, 0.2) is 0 Å². The van der Waals surface area contributed by atoms with Crippen LogP contribution in [0.4, 0.5) is 11.6 Å². The zero-order valence-corrected chi connectivity index (χ0v) is 17.4. The van der Waals surface area contributed by atoms with Crippen LogP contribution in [-0.4, -0.2) is 31.0 Å². The molecule has 1 N–H and O–H groups in total. The quantitative estimate of drug-likeness (QED) is 0.526. The van der Waals surface area contributed by atoms with E-state index in [1.165, 1.54) is 22.9 Å². The average molecular weight is 399 g/mol. The lowest BCUT2D eigenvalue weighted by Crippen LogP contribution is -2.23. The smallest absolute Gasteiger partial charge is 0.150 e. The van der Waals surface area contributed by atoms with Crippen molar-refractivity contribution >= 4 is 22.5 Å². The van der Waals surface area contributed by atoms with Gasteiger partial charge in [-0.1, -0.05) is 24.3 Å². The number of hydrogen-bond donors (Lipinski definition) is 1. The van der Waals surface area contributed by atoms with Crippen LogP contribution in [0.3, 0.4) is 0 Å². The number of nitrogens with one attached hydrogen (secondary N) is 1. The van der Waals surface area contributed by atoms with Crippen LogP contribution in [0.25, 0.3) is 10.9 Å². The summed E-state index contributed by atoms with van der Waals surface area (Å²) < 4.78 is 2.22. The summed E-state index contributed by atoms with van der Waals surface area (Å²) in [6, 6.07) is 12.9. The molecule has 5 rings (SSSR count). The highest BCUT2D eigenvalue weighted by atomic mass is 15.2. The van der Waals surface area contributed by atoms with Crippen molar-refractivity contribution in [3.63, 3.8) is 0 Å². The zero-order chi connectivity index (χ0) is 20.5. The molecule has 4 heterocycles. The first kappa shape index (κ1) is 18.8. The van der Waals surface area contributed by atoms with E-state index >= 15 is 0 Å². The fourth-order valence-corrected chi connectivity index (χ4v) is 4.46. The maximum Gasteiger partial charge on any atom is 0.150 e. The van der Waals surface area contributed by atoms with Gasteiger partial charge < -0.3 is 9.88 Å². The molecule has 4 aromatic rings. The van der Waals surface area contributed by atoms with Crippen molar-refractivity contribution in [3.8, 4) is 0 Å². The Labute approximate surface area is 176 Å². The lowest BCUT2D eigenvalue weighted by molar-refractivity contribution is 0.245. The lowest BCUT2D eigenvalue weighted by atomic mass is 10.1. The second-order valence-corrected chi connectivity index (χ2v) is 8.03. The van der Waals surface area contributed by atoms with Crippen LogP contribution >= 0.6 is 0 Å². The molecule has 1 aliphatic rings. The van der Waals surface area contributed by atoms with Crippen molar-refractivity contribution in [2.24, 2.45) is 7.05 Å². The van der Waals surface area contributed by atoms with Gasteiger partial charge in [-0.05, 0) is 49.6 Å². The number of hydrogen-bond acceptors (Lipinski definition) is 5. The number of aryl methyl sites for hydroxylation is 2. The minimum Gasteiger partial charge on any atom is -0.350 e. The Kier molecular flexibility index (Phi) is 4.93. The highest BCUT2D eigenvalue weighted by Gasteiger charge is 2.28. The highest BCUT2D eigenvalue weighted by molar-refractivity contribution is 5.83. The predicted molar refractivity (Wildman–Crippen MR) is 120 cm³/mol. The van der Waals surface area contributed by atoms with Gasteiger partial charge in [0.25, 0.3) is 0 Å². The van der Waals surface area contributed by atoms with Gasteiger partial charge in [0, 0.05) is 36.9 Å². The minimum atomic E-state index is 0.281. The molecule has 30 heavy (non-hydrogen) atoms. The van der Waals surface area contributed by atoms with Gasteiger partial charge in [-0.15, -0.1) is 0 Å². The summed E-state index contributed by atoms with van der Waals surface area (Å²) >= 11 is 0. The molecule has 152 valence electrons. The molecular weight excluding hydrogens is 372 g/mol. The van der Waals surface area contributed by atoms with Crippen molar-refractivity contribution < 1.29 is 0 Å². The van der Waals surface area contributed by atoms with Crippen LogP contribution in [0, 0.1) is 6.92 Å². The van der Waals surface area contributed by atoms with Gasteiger partial charge in [-0.25, -0.2) is 9.97 Å². The fourth-order valence-electron chi connectivity index (χ4n) is 4.46. The first-order chi connectivity index (χ1) is 14.7. The van der Waals surface area contributed by atoms with Gasteiger partial charge in [-0.2, -0.15) is 0 Å². The Morgan fingerprint density at radius 2 is 2.03 bits per heavy atom. The summed E-state index contributed by atoms with van der Waals surface area (Å²) in [6.45, 7) is 4.03. The van der Waals surface area contributed by atoms with E-state index in [0.29, 0.717) is 0 Å². The number of pyridine rings is 1. The molecule has 1 fully saturated rings. The predicted octanol–water partition coefficient (Wildman–Crippen LogP) is 4.75. The Hall–Kier alpha value is -3.25. The van der Waals surface area contributed by atoms with E-state index in [4.69, 9.17) is 4.98 Å². The second-order valence-electron chi connectivity index (χ2n) is 8.03. The summed E-state index contributed by atoms with van der Waals surface area (Å²) in [5.41, 5.74) is 4.75. The van der Waals surface area contributed by atoms with Crippen molar-refractivity contribution in [2.75, 3.05) is 11.9 Å². The van der Waals surface area contributed by atoms with Gasteiger partial charge >= 0.3 is 0 Å². The number of para-hydroxylation sites is 1. The molecule has 6 nitrogen and oxygen atoms in total. The van der Waals surface area contributed by atoms with Crippen molar-refractivity contribution in [1.29, 1.82) is 0 Å². The van der Waals surface area contributed by atoms with E-state index in [2.05, 4.69) is 62.3 Å². The normalized spacial score (nSPS) is 16.9. The van der Waals surface area contributed by atoms with Crippen molar-refractivity contribution in [3.05, 3.63) is 78.0 Å². The van der Waals surface area contributed by atoms with Gasteiger partial charge in [0.2, 0.25) is 0 Å². The summed E-state index contributed by atoms with van der Waals surface area (Å²) in [5.74, 6) is 1.56. The Balaban J connectivity index is 1.39. The molecule has 1 atom stereocenters. The van der Waals surface area contributed by atoms with Crippen LogP contribution in [0.15, 0.2) is 61.2 Å². The molecule has 0 aliphatic carbocycles. The second kappa shape index (κ2) is 7.88. The number of benzene rings is 1. The summed E-state index contributed by atoms with van der Waals surface area (Å²) in [5, 5.41) is 4.65. The SMILES string of the molecule is Cc1cccnc1Nc1cncc([C@H]2CCCN2Cc2cn(C)c3ccccc23)n1. The molecule has 0 unspecified atom stereocenters. The monoisotopic (exact) mass is 398 g/mol. The summed E-state index contributed by atoms with van der Waals surface area (Å²) in [6.07, 6.45) is 9.99. The average Bonchev–Trinajstić information content (AvgIpc) is 3.35. The molecular formula is C24H26N6. The Morgan fingerprint density at radius 3 is 2.93 bits per heavy atom. The third-order valence-electron chi connectivity index (χ3n) is 5.97. The van der Waals surface area contributed by atoms with E-state index in [9.17, 15) is 0 Å². The van der Waals surface area contributed by atoms with Crippen molar-refractivity contribution in [2.45, 2.75) is 32.4 Å². The molecule has 0 radical (unpaired) electrons. The van der Waals surface area contributed by atoms with E-state index < -0.39 is 0 Å². The Morgan fingerprint density at radius 1 is 1.13 bits per heavy atom. The molecule has 0 saturated carbocycles. The van der Waals surface area contributed by atoms with Crippen LogP contribution in [0.2, 0.25) is 0 Å². The van der Waals surface area contributed by atoms with Gasteiger partial charge in [-0.3, -0.25) is 9.88 Å². The van der Waals surface area contributed by atoms with E-state index in [1.54, 1.807) is 12.4 Å². The fraction of sp³-hybridized carbons (Fsp3) is 0.292. The Bertz CT molecular complexity index is 1180. The van der Waals surface area contributed by atoms with Crippen LogP contribution in [0.1, 0.15) is 35.7 Å². The molecule has 0 bridgehead atoms. The number of anilines is 2. The number of fused-ring (bicyclic) bond motifs is 1. The minimum absolute atomic E-state index is 0.281. The highest BCUT2D eigenvalue weighted by Crippen LogP contribution is 2.34. The molecule has 0 amide bonds. The number of aromatic nitrogens is 4. The van der Waals surface area contributed by atoms with Gasteiger partial charge in [0.05, 0.1) is 24.1 Å². The molecule has 6 heteroatoms. The zero-order valence-electron chi connectivity index (χ0n) is 17.4. The third kappa shape index (κ3) is 3.55. The molecule has 3 aromatic heterocycles. The summed E-state index contributed by atoms with van der Waals surface area (Å²) in [7, 11) is 2.12. The molecule has 1 saturated heterocycles. The molecule has 0 spiro atoms. The number of likely N-dealkylation sites (tertiary alicyclic amines) is 1. The number of nitrogens with zero attached hydrogens (tertiary/aromatic N) is 5. The topological polar surface area (TPSA) is 58.9 Å². The largest absolute Gasteiger partial charge is 0.350 e. The number of rotatable bonds is 5. The van der Waals surface area contributed by atoms with Crippen molar-refractivity contribution in [1.82, 2.24) is 24.4 Å². The lowest BCUT2D eigenvalue weighted by Gasteiger charge is -2.24. The van der Waals surface area contributed by atoms with Crippen LogP contribution in [0.5, 0.6) is 0 Å². The van der Waals surface area contributed by atoms with E-state index in [0.717, 1.165) is 42.4 Å². The first-order valence-electron chi connectivity index (χ1n) is 10.5. The maximum atomic E-state index is 4.89. The maximum absolute atomic E-state index is 4.89. The summed E-state index contributed by atoms with van der Waals surface area (Å²) in [4.78, 5) is 16.3. The third-order valence-corrected chi connectivity index (χ3v) is 5.97. The van der Waals surface area contributed by atoms with Crippen LogP contribution in [-0.2, 0) is 13.6 Å². The standard InChI is InChI=1S/C24H26N6/c1-17-7-5-11-26-24(17)28-23-14-25-13-20(27-23)22-10-6-12-30(22)16-18-15-29(2)21-9-4-3-8-19(18)21/h3-5,7-9,11,13-15,22H,6,10,12,16H2,1-2H3,(H,26,27,28)/t22-/m1/s1. The van der Waals surface area contributed by atoms with E-state index in [-0.39, 0.29) is 6.04 Å². The first-order valence-corrected chi connectivity index (χ1v) is 10.5. The van der Waals surface area contributed by atoms with E-state index in [1.807, 2.05) is 25.3 Å². The van der Waals surface area contributed by atoms with Gasteiger partial charge in [0.1, 0.15) is 11.6 Å². The molecule has 1 aromatic carbocycles. The molecule has 1 aliphatic heterocycles. The van der Waals surface area contributed by atoms with Crippen LogP contribution < -0.4 is 5.32 Å².